The summed E-state index contributed by atoms with van der Waals surface area (Å²) < 4.78 is 1.35. The summed E-state index contributed by atoms with van der Waals surface area (Å²) in [4.78, 5) is 33.7. The average molecular weight is 438 g/mol. The third kappa shape index (κ3) is 5.61. The van der Waals surface area contributed by atoms with Gasteiger partial charge in [0.05, 0.1) is 0 Å². The van der Waals surface area contributed by atoms with Crippen molar-refractivity contribution in [2.24, 2.45) is 16.6 Å². The number of oxime groups is 1. The van der Waals surface area contributed by atoms with E-state index in [-0.39, 0.29) is 24.9 Å². The van der Waals surface area contributed by atoms with E-state index in [1.54, 1.807) is 13.1 Å². The van der Waals surface area contributed by atoms with Crippen LogP contribution in [0.2, 0.25) is 0 Å². The van der Waals surface area contributed by atoms with Gasteiger partial charge in [0.1, 0.15) is 12.8 Å². The van der Waals surface area contributed by atoms with Crippen LogP contribution in [0.1, 0.15) is 17.4 Å². The number of hydrogen-bond acceptors (Lipinski definition) is 7. The van der Waals surface area contributed by atoms with Crippen LogP contribution in [0.5, 0.6) is 0 Å². The number of carbonyl (C=O) groups is 1. The Balaban J connectivity index is 1.67. The molecule has 0 aliphatic heterocycles. The lowest BCUT2D eigenvalue weighted by atomic mass is 10.0. The summed E-state index contributed by atoms with van der Waals surface area (Å²) in [6, 6.07) is 14.3. The minimum Gasteiger partial charge on any atom is -0.392 e. The van der Waals surface area contributed by atoms with E-state index >= 15 is 0 Å². The molecule has 0 spiro atoms. The van der Waals surface area contributed by atoms with E-state index in [0.717, 1.165) is 0 Å². The lowest BCUT2D eigenvalue weighted by molar-refractivity contribution is -0.111. The van der Waals surface area contributed by atoms with Crippen molar-refractivity contribution in [1.29, 1.82) is 0 Å². The molecule has 3 aromatic rings. The second-order valence-electron chi connectivity index (χ2n) is 7.12. The topological polar surface area (TPSA) is 150 Å². The molecule has 1 atom stereocenters. The van der Waals surface area contributed by atoms with Gasteiger partial charge in [-0.3, -0.25) is 19.5 Å². The quantitative estimate of drug-likeness (QED) is 0.113. The summed E-state index contributed by atoms with van der Waals surface area (Å²) in [6.07, 6.45) is 2.03. The van der Waals surface area contributed by atoms with Crippen molar-refractivity contribution in [3.8, 4) is 0 Å². The number of aldehydes is 1. The third-order valence-electron chi connectivity index (χ3n) is 4.87. The van der Waals surface area contributed by atoms with Crippen molar-refractivity contribution in [2.45, 2.75) is 19.5 Å². The molecule has 3 rings (SSSR count). The van der Waals surface area contributed by atoms with Gasteiger partial charge in [-0.15, -0.1) is 0 Å². The number of aryl methyl sites for hydroxylation is 1. The fourth-order valence-corrected chi connectivity index (χ4v) is 3.42. The Labute approximate surface area is 185 Å². The maximum absolute atomic E-state index is 13.0. The Morgan fingerprint density at radius 3 is 2.78 bits per heavy atom. The number of aromatic nitrogens is 2. The van der Waals surface area contributed by atoms with Gasteiger partial charge in [0.15, 0.2) is 12.1 Å². The SMILES string of the molecule is Cc1cnc(NCCc2cccc3ccccc23)c(=O)n1C(C=O)NCCON=C(N)N. The number of nitrogens with zero attached hydrogens (tertiary/aromatic N) is 3. The molecule has 32 heavy (non-hydrogen) atoms. The van der Waals surface area contributed by atoms with E-state index in [9.17, 15) is 9.59 Å². The normalized spacial score (nSPS) is 11.7. The Morgan fingerprint density at radius 1 is 1.22 bits per heavy atom. The number of carbonyl (C=O) groups excluding carboxylic acids is 1. The first-order valence-electron chi connectivity index (χ1n) is 10.2. The van der Waals surface area contributed by atoms with Gasteiger partial charge in [-0.1, -0.05) is 42.5 Å². The summed E-state index contributed by atoms with van der Waals surface area (Å²) in [7, 11) is 0. The Hall–Kier alpha value is -3.92. The summed E-state index contributed by atoms with van der Waals surface area (Å²) in [6.45, 7) is 2.60. The summed E-state index contributed by atoms with van der Waals surface area (Å²) in [5.74, 6) is -0.0152. The highest BCUT2D eigenvalue weighted by Gasteiger charge is 2.16. The minimum absolute atomic E-state index is 0.122. The van der Waals surface area contributed by atoms with Crippen molar-refractivity contribution in [3.63, 3.8) is 0 Å². The van der Waals surface area contributed by atoms with Crippen LogP contribution in [-0.2, 0) is 16.1 Å². The summed E-state index contributed by atoms with van der Waals surface area (Å²) >= 11 is 0. The molecule has 0 aliphatic rings. The van der Waals surface area contributed by atoms with Crippen LogP contribution in [0, 0.1) is 6.92 Å². The van der Waals surface area contributed by atoms with Gasteiger partial charge in [0.25, 0.3) is 5.56 Å². The number of rotatable bonds is 11. The molecule has 10 heteroatoms. The van der Waals surface area contributed by atoms with Crippen LogP contribution < -0.4 is 27.7 Å². The third-order valence-corrected chi connectivity index (χ3v) is 4.87. The van der Waals surface area contributed by atoms with Crippen molar-refractivity contribution in [3.05, 3.63) is 70.3 Å². The maximum atomic E-state index is 13.0. The molecule has 1 unspecified atom stereocenters. The molecule has 0 aliphatic carbocycles. The van der Waals surface area contributed by atoms with Crippen LogP contribution in [0.15, 0.2) is 58.6 Å². The van der Waals surface area contributed by atoms with E-state index in [4.69, 9.17) is 16.3 Å². The first-order chi connectivity index (χ1) is 15.5. The number of benzene rings is 2. The van der Waals surface area contributed by atoms with Crippen LogP contribution in [0.3, 0.4) is 0 Å². The average Bonchev–Trinajstić information content (AvgIpc) is 2.79. The van der Waals surface area contributed by atoms with Gasteiger partial charge in [0.2, 0.25) is 5.96 Å². The number of nitrogens with two attached hydrogens (primary N) is 2. The Kier molecular flexibility index (Phi) is 7.76. The second-order valence-corrected chi connectivity index (χ2v) is 7.12. The lowest BCUT2D eigenvalue weighted by Gasteiger charge is -2.19. The molecule has 168 valence electrons. The van der Waals surface area contributed by atoms with Crippen molar-refractivity contribution >= 4 is 28.8 Å². The molecule has 1 aromatic heterocycles. The predicted octanol–water partition coefficient (Wildman–Crippen LogP) is 0.852. The van der Waals surface area contributed by atoms with Crippen LogP contribution in [0.25, 0.3) is 10.8 Å². The van der Waals surface area contributed by atoms with E-state index in [1.807, 2.05) is 18.2 Å². The van der Waals surface area contributed by atoms with Gasteiger partial charge in [-0.2, -0.15) is 0 Å². The number of fused-ring (bicyclic) bond motifs is 1. The number of guanidine groups is 1. The molecule has 0 saturated heterocycles. The highest BCUT2D eigenvalue weighted by molar-refractivity contribution is 5.85. The van der Waals surface area contributed by atoms with Crippen LogP contribution in [0.4, 0.5) is 5.82 Å². The van der Waals surface area contributed by atoms with Crippen LogP contribution >= 0.6 is 0 Å². The second kappa shape index (κ2) is 10.9. The number of anilines is 1. The molecular weight excluding hydrogens is 410 g/mol. The Morgan fingerprint density at radius 2 is 2.00 bits per heavy atom. The highest BCUT2D eigenvalue weighted by atomic mass is 16.6. The van der Waals surface area contributed by atoms with Gasteiger partial charge in [-0.25, -0.2) is 4.98 Å². The fraction of sp³-hybridized carbons (Fsp3) is 0.273. The monoisotopic (exact) mass is 437 g/mol. The van der Waals surface area contributed by atoms with Crippen molar-refractivity contribution < 1.29 is 9.63 Å². The smallest absolute Gasteiger partial charge is 0.295 e. The molecule has 0 fully saturated rings. The molecule has 6 N–H and O–H groups in total. The minimum atomic E-state index is -0.882. The summed E-state index contributed by atoms with van der Waals surface area (Å²) in [5, 5.41) is 11.8. The van der Waals surface area contributed by atoms with E-state index < -0.39 is 11.7 Å². The predicted molar refractivity (Wildman–Crippen MR) is 124 cm³/mol. The molecule has 0 saturated carbocycles. The van der Waals surface area contributed by atoms with Crippen molar-refractivity contribution in [1.82, 2.24) is 14.9 Å². The molecule has 10 nitrogen and oxygen atoms in total. The van der Waals surface area contributed by atoms with Gasteiger partial charge >= 0.3 is 0 Å². The zero-order valence-electron chi connectivity index (χ0n) is 17.8. The summed E-state index contributed by atoms with van der Waals surface area (Å²) in [5.41, 5.74) is 11.7. The van der Waals surface area contributed by atoms with E-state index in [0.29, 0.717) is 24.9 Å². The molecule has 1 heterocycles. The first-order valence-corrected chi connectivity index (χ1v) is 10.2. The molecular formula is C22H27N7O3. The Bertz CT molecular complexity index is 1150. The fourth-order valence-electron chi connectivity index (χ4n) is 3.42. The first kappa shape index (κ1) is 22.8. The number of hydrogen-bond donors (Lipinski definition) is 4. The van der Waals surface area contributed by atoms with Crippen LogP contribution in [-0.4, -0.2) is 41.5 Å². The largest absolute Gasteiger partial charge is 0.392 e. The van der Waals surface area contributed by atoms with Gasteiger partial charge in [-0.05, 0) is 34.8 Å². The highest BCUT2D eigenvalue weighted by Crippen LogP contribution is 2.18. The standard InChI is InChI=1S/C22H27N7O3/c1-15-13-27-20(21(31)29(15)19(14-30)25-11-12-32-28-22(23)24)26-10-9-17-7-4-6-16-5-2-3-8-18(16)17/h2-8,13-14,19,25H,9-12H2,1H3,(H,26,27)(H4,23,24,28). The molecule has 0 amide bonds. The van der Waals surface area contributed by atoms with E-state index in [2.05, 4.69) is 45.0 Å². The maximum Gasteiger partial charge on any atom is 0.295 e. The zero-order chi connectivity index (χ0) is 22.9. The van der Waals surface area contributed by atoms with E-state index in [1.165, 1.54) is 20.9 Å². The zero-order valence-corrected chi connectivity index (χ0v) is 17.8. The molecule has 2 aromatic carbocycles. The van der Waals surface area contributed by atoms with Crippen molar-refractivity contribution in [2.75, 3.05) is 25.0 Å². The number of nitrogens with one attached hydrogen (secondary N) is 2. The van der Waals surface area contributed by atoms with Gasteiger partial charge < -0.3 is 21.6 Å². The molecule has 0 radical (unpaired) electrons. The molecule has 0 bridgehead atoms. The lowest BCUT2D eigenvalue weighted by Crippen LogP contribution is -2.39. The van der Waals surface area contributed by atoms with Gasteiger partial charge in [0, 0.05) is 25.0 Å².